The molecule has 1 saturated carbocycles. The van der Waals surface area contributed by atoms with Crippen LogP contribution in [0.2, 0.25) is 0 Å². The number of para-hydroxylation sites is 1. The number of ether oxygens (including phenoxy) is 2. The first kappa shape index (κ1) is 20.1. The van der Waals surface area contributed by atoms with E-state index in [9.17, 15) is 9.59 Å². The summed E-state index contributed by atoms with van der Waals surface area (Å²) in [6.45, 7) is 2.37. The van der Waals surface area contributed by atoms with E-state index in [0.717, 1.165) is 25.7 Å². The molecule has 2 aromatic rings. The van der Waals surface area contributed by atoms with Gasteiger partial charge in [0.2, 0.25) is 0 Å². The zero-order chi connectivity index (χ0) is 21.3. The normalized spacial score (nSPS) is 18.2. The molecule has 1 N–H and O–H groups in total. The van der Waals surface area contributed by atoms with Crippen molar-refractivity contribution in [2.24, 2.45) is 0 Å². The van der Waals surface area contributed by atoms with Gasteiger partial charge in [-0.05, 0) is 44.7 Å². The van der Waals surface area contributed by atoms with Gasteiger partial charge in [0.25, 0.3) is 11.8 Å². The van der Waals surface area contributed by atoms with Gasteiger partial charge in [-0.1, -0.05) is 6.07 Å². The van der Waals surface area contributed by atoms with Gasteiger partial charge in [-0.2, -0.15) is 0 Å². The van der Waals surface area contributed by atoms with Crippen LogP contribution in [0.4, 0.5) is 0 Å². The fourth-order valence-electron chi connectivity index (χ4n) is 3.91. The van der Waals surface area contributed by atoms with Crippen molar-refractivity contribution in [2.75, 3.05) is 20.8 Å². The number of amides is 2. The van der Waals surface area contributed by atoms with Crippen molar-refractivity contribution >= 4 is 11.8 Å². The quantitative estimate of drug-likeness (QED) is 0.787. The molecule has 2 amide bonds. The van der Waals surface area contributed by atoms with Gasteiger partial charge >= 0.3 is 0 Å². The van der Waals surface area contributed by atoms with Crippen LogP contribution >= 0.6 is 0 Å². The Labute approximate surface area is 175 Å². The summed E-state index contributed by atoms with van der Waals surface area (Å²) in [6, 6.07) is 5.18. The van der Waals surface area contributed by atoms with Gasteiger partial charge in [-0.3, -0.25) is 9.59 Å². The number of nitrogens with zero attached hydrogens (tertiary/aromatic N) is 3. The molecule has 2 aliphatic rings. The second-order valence-electron chi connectivity index (χ2n) is 7.66. The highest BCUT2D eigenvalue weighted by molar-refractivity contribution is 5.99. The zero-order valence-electron chi connectivity index (χ0n) is 17.5. The summed E-state index contributed by atoms with van der Waals surface area (Å²) in [5.41, 5.74) is 1.47. The Morgan fingerprint density at radius 2 is 1.93 bits per heavy atom. The number of methoxy groups -OCH3 is 2. The molecule has 158 valence electrons. The Hall–Kier alpha value is -3.16. The van der Waals surface area contributed by atoms with Crippen molar-refractivity contribution in [3.63, 3.8) is 0 Å². The van der Waals surface area contributed by atoms with Crippen LogP contribution < -0.4 is 14.8 Å². The van der Waals surface area contributed by atoms with Crippen LogP contribution in [0.3, 0.4) is 0 Å². The summed E-state index contributed by atoms with van der Waals surface area (Å²) < 4.78 is 10.8. The van der Waals surface area contributed by atoms with E-state index in [0.29, 0.717) is 40.7 Å². The standard InChI is InChI=1S/C22H26N4O4/c1-13-23-12-16(21(27)25-14-9-10-14)19(24-13)17-7-5-11-26(17)22(28)15-6-4-8-18(29-2)20(15)30-3/h4,6,8,12,14,17H,5,7,9-11H2,1-3H3,(H,25,27)/t17-/m0/s1. The van der Waals surface area contributed by atoms with E-state index in [1.807, 2.05) is 0 Å². The van der Waals surface area contributed by atoms with Gasteiger partial charge in [0.05, 0.1) is 37.1 Å². The first-order valence-electron chi connectivity index (χ1n) is 10.2. The molecule has 1 aliphatic carbocycles. The highest BCUT2D eigenvalue weighted by Gasteiger charge is 2.36. The SMILES string of the molecule is COc1cccc(C(=O)N2CCC[C@H]2c2nc(C)ncc2C(=O)NC2CC2)c1OC. The summed E-state index contributed by atoms with van der Waals surface area (Å²) in [5.74, 6) is 1.14. The monoisotopic (exact) mass is 410 g/mol. The zero-order valence-corrected chi connectivity index (χ0v) is 17.5. The maximum atomic E-state index is 13.5. The van der Waals surface area contributed by atoms with Gasteiger partial charge < -0.3 is 19.7 Å². The lowest BCUT2D eigenvalue weighted by Gasteiger charge is -2.26. The molecule has 0 radical (unpaired) electrons. The summed E-state index contributed by atoms with van der Waals surface area (Å²) in [6.07, 6.45) is 5.13. The average molecular weight is 410 g/mol. The van der Waals surface area contributed by atoms with E-state index in [1.165, 1.54) is 7.11 Å². The van der Waals surface area contributed by atoms with Crippen molar-refractivity contribution in [1.82, 2.24) is 20.2 Å². The molecule has 1 aliphatic heterocycles. The molecule has 0 spiro atoms. The van der Waals surface area contributed by atoms with Gasteiger partial charge in [0, 0.05) is 18.8 Å². The van der Waals surface area contributed by atoms with Crippen LogP contribution in [0.25, 0.3) is 0 Å². The van der Waals surface area contributed by atoms with E-state index < -0.39 is 0 Å². The van der Waals surface area contributed by atoms with Gasteiger partial charge in [0.1, 0.15) is 5.82 Å². The first-order valence-corrected chi connectivity index (χ1v) is 10.2. The molecule has 1 saturated heterocycles. The number of hydrogen-bond acceptors (Lipinski definition) is 6. The molecular formula is C22H26N4O4. The van der Waals surface area contributed by atoms with Crippen LogP contribution in [0, 0.1) is 6.92 Å². The Bertz CT molecular complexity index is 974. The molecule has 2 fully saturated rings. The fraction of sp³-hybridized carbons (Fsp3) is 0.455. The van der Waals surface area contributed by atoms with Crippen molar-refractivity contribution < 1.29 is 19.1 Å². The second-order valence-corrected chi connectivity index (χ2v) is 7.66. The molecular weight excluding hydrogens is 384 g/mol. The lowest BCUT2D eigenvalue weighted by atomic mass is 10.0. The summed E-state index contributed by atoms with van der Waals surface area (Å²) >= 11 is 0. The topological polar surface area (TPSA) is 93.7 Å². The van der Waals surface area contributed by atoms with E-state index >= 15 is 0 Å². The maximum Gasteiger partial charge on any atom is 0.258 e. The number of rotatable bonds is 6. The number of carbonyl (C=O) groups excluding carboxylic acids is 2. The smallest absolute Gasteiger partial charge is 0.258 e. The van der Waals surface area contributed by atoms with Crippen molar-refractivity contribution in [3.05, 3.63) is 47.0 Å². The van der Waals surface area contributed by atoms with E-state index in [4.69, 9.17) is 9.47 Å². The largest absolute Gasteiger partial charge is 0.493 e. The second kappa shape index (κ2) is 8.30. The molecule has 30 heavy (non-hydrogen) atoms. The third-order valence-corrected chi connectivity index (χ3v) is 5.56. The van der Waals surface area contributed by atoms with E-state index in [-0.39, 0.29) is 23.9 Å². The Balaban J connectivity index is 1.68. The molecule has 1 aromatic heterocycles. The van der Waals surface area contributed by atoms with Crippen molar-refractivity contribution in [3.8, 4) is 11.5 Å². The third-order valence-electron chi connectivity index (χ3n) is 5.56. The van der Waals surface area contributed by atoms with Gasteiger partial charge in [-0.15, -0.1) is 0 Å². The fourth-order valence-corrected chi connectivity index (χ4v) is 3.91. The number of aromatic nitrogens is 2. The van der Waals surface area contributed by atoms with E-state index in [2.05, 4.69) is 15.3 Å². The summed E-state index contributed by atoms with van der Waals surface area (Å²) in [4.78, 5) is 36.8. The number of hydrogen-bond donors (Lipinski definition) is 1. The molecule has 8 heteroatoms. The molecule has 4 rings (SSSR count). The third kappa shape index (κ3) is 3.81. The van der Waals surface area contributed by atoms with Crippen LogP contribution in [-0.4, -0.2) is 53.5 Å². The number of nitrogens with one attached hydrogen (secondary N) is 1. The number of benzene rings is 1. The van der Waals surface area contributed by atoms with Crippen molar-refractivity contribution in [2.45, 2.75) is 44.7 Å². The van der Waals surface area contributed by atoms with Crippen molar-refractivity contribution in [1.29, 1.82) is 0 Å². The number of carbonyl (C=O) groups is 2. The molecule has 0 unspecified atom stereocenters. The number of likely N-dealkylation sites (tertiary alicyclic amines) is 1. The number of aryl methyl sites for hydroxylation is 1. The minimum atomic E-state index is -0.296. The first-order chi connectivity index (χ1) is 14.5. The highest BCUT2D eigenvalue weighted by Crippen LogP contribution is 2.37. The molecule has 2 heterocycles. The Morgan fingerprint density at radius 1 is 1.13 bits per heavy atom. The lowest BCUT2D eigenvalue weighted by molar-refractivity contribution is 0.0724. The predicted molar refractivity (Wildman–Crippen MR) is 110 cm³/mol. The summed E-state index contributed by atoms with van der Waals surface area (Å²) in [5, 5.41) is 3.00. The van der Waals surface area contributed by atoms with Crippen LogP contribution in [0.15, 0.2) is 24.4 Å². The highest BCUT2D eigenvalue weighted by atomic mass is 16.5. The minimum absolute atomic E-state index is 0.168. The van der Waals surface area contributed by atoms with Gasteiger partial charge in [-0.25, -0.2) is 9.97 Å². The van der Waals surface area contributed by atoms with E-state index in [1.54, 1.807) is 43.3 Å². The maximum absolute atomic E-state index is 13.5. The molecule has 1 aromatic carbocycles. The Morgan fingerprint density at radius 3 is 2.63 bits per heavy atom. The lowest BCUT2D eigenvalue weighted by Crippen LogP contribution is -2.34. The van der Waals surface area contributed by atoms with Crippen LogP contribution in [0.1, 0.15) is 64.0 Å². The Kier molecular flexibility index (Phi) is 5.57. The molecule has 0 bridgehead atoms. The van der Waals surface area contributed by atoms with Crippen LogP contribution in [-0.2, 0) is 0 Å². The average Bonchev–Trinajstić information content (AvgIpc) is 3.43. The summed E-state index contributed by atoms with van der Waals surface area (Å²) in [7, 11) is 3.06. The van der Waals surface area contributed by atoms with Gasteiger partial charge in [0.15, 0.2) is 11.5 Å². The minimum Gasteiger partial charge on any atom is -0.493 e. The van der Waals surface area contributed by atoms with Crippen LogP contribution in [0.5, 0.6) is 11.5 Å². The predicted octanol–water partition coefficient (Wildman–Crippen LogP) is 2.67. The molecule has 8 nitrogen and oxygen atoms in total. The molecule has 1 atom stereocenters.